The third-order valence-electron chi connectivity index (χ3n) is 5.20. The van der Waals surface area contributed by atoms with Crippen LogP contribution in [0.25, 0.3) is 0 Å². The Kier molecular flexibility index (Phi) is 6.79. The second-order valence-corrected chi connectivity index (χ2v) is 7.13. The summed E-state index contributed by atoms with van der Waals surface area (Å²) < 4.78 is 0. The number of rotatable bonds is 7. The molecule has 1 heterocycles. The molecule has 1 aliphatic heterocycles. The number of aliphatic hydroxyl groups is 1. The van der Waals surface area contributed by atoms with Gasteiger partial charge in [0.1, 0.15) is 0 Å². The molecule has 0 aromatic carbocycles. The number of piperidine rings is 1. The first kappa shape index (κ1) is 16.3. The van der Waals surface area contributed by atoms with E-state index in [0.29, 0.717) is 12.0 Å². The Labute approximate surface area is 125 Å². The lowest BCUT2D eigenvalue weighted by molar-refractivity contribution is 0.0621. The van der Waals surface area contributed by atoms with Crippen LogP contribution in [0.4, 0.5) is 0 Å². The molecule has 2 aliphatic rings. The van der Waals surface area contributed by atoms with Crippen molar-refractivity contribution in [2.24, 2.45) is 11.8 Å². The van der Waals surface area contributed by atoms with Crippen LogP contribution in [0.15, 0.2) is 0 Å². The smallest absolute Gasteiger partial charge is 0.0669 e. The zero-order chi connectivity index (χ0) is 14.4. The Morgan fingerprint density at radius 3 is 2.65 bits per heavy atom. The van der Waals surface area contributed by atoms with E-state index in [4.69, 9.17) is 0 Å². The number of nitrogens with zero attached hydrogens (tertiary/aromatic N) is 1. The number of aliphatic hydroxyl groups excluding tert-OH is 1. The second-order valence-electron chi connectivity index (χ2n) is 7.13. The molecule has 0 aromatic heterocycles. The van der Waals surface area contributed by atoms with E-state index in [0.717, 1.165) is 38.5 Å². The highest BCUT2D eigenvalue weighted by Gasteiger charge is 2.27. The Hall–Kier alpha value is -0.120. The van der Waals surface area contributed by atoms with Gasteiger partial charge in [-0.3, -0.25) is 0 Å². The predicted molar refractivity (Wildman–Crippen MR) is 84.9 cm³/mol. The first-order valence-electron chi connectivity index (χ1n) is 8.82. The van der Waals surface area contributed by atoms with E-state index in [1.165, 1.54) is 38.5 Å². The molecule has 118 valence electrons. The second kappa shape index (κ2) is 8.35. The zero-order valence-corrected chi connectivity index (χ0v) is 13.5. The van der Waals surface area contributed by atoms with Crippen molar-refractivity contribution in [2.75, 3.05) is 26.2 Å². The van der Waals surface area contributed by atoms with Crippen LogP contribution in [0, 0.1) is 11.8 Å². The Balaban J connectivity index is 1.66. The molecule has 3 unspecified atom stereocenters. The minimum atomic E-state index is -0.106. The van der Waals surface area contributed by atoms with E-state index in [9.17, 15) is 5.11 Å². The molecular weight excluding hydrogens is 248 g/mol. The fourth-order valence-electron chi connectivity index (χ4n) is 4.03. The summed E-state index contributed by atoms with van der Waals surface area (Å²) in [6.45, 7) is 8.90. The Bertz CT molecular complexity index is 266. The van der Waals surface area contributed by atoms with Crippen LogP contribution < -0.4 is 5.32 Å². The monoisotopic (exact) mass is 282 g/mol. The van der Waals surface area contributed by atoms with Crippen molar-refractivity contribution in [1.29, 1.82) is 0 Å². The van der Waals surface area contributed by atoms with Gasteiger partial charge >= 0.3 is 0 Å². The van der Waals surface area contributed by atoms with E-state index >= 15 is 0 Å². The minimum Gasteiger partial charge on any atom is -0.392 e. The lowest BCUT2D eigenvalue weighted by Gasteiger charge is -2.38. The average molecular weight is 282 g/mol. The lowest BCUT2D eigenvalue weighted by Crippen LogP contribution is -2.50. The van der Waals surface area contributed by atoms with Gasteiger partial charge in [-0.25, -0.2) is 0 Å². The predicted octanol–water partition coefficient (Wildman–Crippen LogP) is 2.64. The van der Waals surface area contributed by atoms with Gasteiger partial charge in [0.15, 0.2) is 0 Å². The van der Waals surface area contributed by atoms with Gasteiger partial charge in [0.25, 0.3) is 0 Å². The minimum absolute atomic E-state index is 0.106. The standard InChI is InChI=1S/C17H34N2O/c1-3-9-18-17-8-10-19(12-14(17)2)13-16(20)11-15-6-4-5-7-15/h14-18,20H,3-13H2,1-2H3. The van der Waals surface area contributed by atoms with E-state index in [2.05, 4.69) is 24.1 Å². The maximum Gasteiger partial charge on any atom is 0.0669 e. The number of nitrogens with one attached hydrogen (secondary N) is 1. The van der Waals surface area contributed by atoms with Crippen LogP contribution in [-0.4, -0.2) is 48.3 Å². The molecule has 2 N–H and O–H groups in total. The summed E-state index contributed by atoms with van der Waals surface area (Å²) in [6, 6.07) is 0.679. The van der Waals surface area contributed by atoms with E-state index in [1.54, 1.807) is 0 Å². The molecule has 2 rings (SSSR count). The Morgan fingerprint density at radius 1 is 1.25 bits per heavy atom. The van der Waals surface area contributed by atoms with Gasteiger partial charge in [-0.2, -0.15) is 0 Å². The molecule has 0 radical (unpaired) electrons. The molecule has 0 spiro atoms. The summed E-state index contributed by atoms with van der Waals surface area (Å²) in [5, 5.41) is 14.0. The normalized spacial score (nSPS) is 30.8. The molecule has 1 saturated carbocycles. The number of hydrogen-bond donors (Lipinski definition) is 2. The first-order chi connectivity index (χ1) is 9.69. The third kappa shape index (κ3) is 5.01. The van der Waals surface area contributed by atoms with Crippen LogP contribution in [0.5, 0.6) is 0 Å². The quantitative estimate of drug-likeness (QED) is 0.753. The summed E-state index contributed by atoms with van der Waals surface area (Å²) in [5.41, 5.74) is 0. The van der Waals surface area contributed by atoms with Crippen molar-refractivity contribution in [3.05, 3.63) is 0 Å². The van der Waals surface area contributed by atoms with Crippen molar-refractivity contribution >= 4 is 0 Å². The van der Waals surface area contributed by atoms with E-state index in [-0.39, 0.29) is 6.10 Å². The summed E-state index contributed by atoms with van der Waals surface area (Å²) in [4.78, 5) is 2.48. The van der Waals surface area contributed by atoms with Crippen LogP contribution in [0.2, 0.25) is 0 Å². The molecule has 2 fully saturated rings. The zero-order valence-electron chi connectivity index (χ0n) is 13.5. The van der Waals surface area contributed by atoms with Gasteiger partial charge in [0, 0.05) is 19.1 Å². The summed E-state index contributed by atoms with van der Waals surface area (Å²) in [6.07, 6.45) is 8.82. The van der Waals surface area contributed by atoms with E-state index in [1.807, 2.05) is 0 Å². The number of likely N-dealkylation sites (tertiary alicyclic amines) is 1. The third-order valence-corrected chi connectivity index (χ3v) is 5.20. The average Bonchev–Trinajstić information content (AvgIpc) is 2.90. The van der Waals surface area contributed by atoms with Crippen molar-refractivity contribution in [3.63, 3.8) is 0 Å². The van der Waals surface area contributed by atoms with Crippen LogP contribution in [-0.2, 0) is 0 Å². The molecule has 20 heavy (non-hydrogen) atoms. The molecule has 1 aliphatic carbocycles. The van der Waals surface area contributed by atoms with E-state index < -0.39 is 0 Å². The highest BCUT2D eigenvalue weighted by atomic mass is 16.3. The lowest BCUT2D eigenvalue weighted by atomic mass is 9.92. The summed E-state index contributed by atoms with van der Waals surface area (Å²) >= 11 is 0. The Morgan fingerprint density at radius 2 is 2.00 bits per heavy atom. The van der Waals surface area contributed by atoms with Gasteiger partial charge < -0.3 is 15.3 Å². The van der Waals surface area contributed by atoms with Gasteiger partial charge in [0.2, 0.25) is 0 Å². The maximum absolute atomic E-state index is 10.3. The number of hydrogen-bond acceptors (Lipinski definition) is 3. The SMILES string of the molecule is CCCNC1CCN(CC(O)CC2CCCC2)CC1C. The van der Waals surface area contributed by atoms with Crippen molar-refractivity contribution < 1.29 is 5.11 Å². The van der Waals surface area contributed by atoms with Gasteiger partial charge in [0.05, 0.1) is 6.10 Å². The molecule has 0 aromatic rings. The molecular formula is C17H34N2O. The molecule has 3 heteroatoms. The summed E-state index contributed by atoms with van der Waals surface area (Å²) in [7, 11) is 0. The largest absolute Gasteiger partial charge is 0.392 e. The van der Waals surface area contributed by atoms with Crippen LogP contribution in [0.3, 0.4) is 0 Å². The highest BCUT2D eigenvalue weighted by Crippen LogP contribution is 2.29. The molecule has 0 bridgehead atoms. The highest BCUT2D eigenvalue weighted by molar-refractivity contribution is 4.84. The van der Waals surface area contributed by atoms with Gasteiger partial charge in [-0.15, -0.1) is 0 Å². The van der Waals surface area contributed by atoms with Gasteiger partial charge in [-0.05, 0) is 44.2 Å². The number of β-amino-alcohol motifs (C(OH)–C–C–N with tert-alkyl or cyclic N) is 1. The van der Waals surface area contributed by atoms with Crippen molar-refractivity contribution in [3.8, 4) is 0 Å². The van der Waals surface area contributed by atoms with Gasteiger partial charge in [-0.1, -0.05) is 39.5 Å². The fraction of sp³-hybridized carbons (Fsp3) is 1.00. The fourth-order valence-corrected chi connectivity index (χ4v) is 4.03. The molecule has 1 saturated heterocycles. The van der Waals surface area contributed by atoms with Crippen molar-refractivity contribution in [2.45, 2.75) is 70.9 Å². The topological polar surface area (TPSA) is 35.5 Å². The molecule has 0 amide bonds. The van der Waals surface area contributed by atoms with Crippen LogP contribution in [0.1, 0.15) is 58.8 Å². The summed E-state index contributed by atoms with van der Waals surface area (Å²) in [5.74, 6) is 1.50. The molecule has 3 atom stereocenters. The first-order valence-corrected chi connectivity index (χ1v) is 8.82. The van der Waals surface area contributed by atoms with Crippen molar-refractivity contribution in [1.82, 2.24) is 10.2 Å². The van der Waals surface area contributed by atoms with Crippen LogP contribution >= 0.6 is 0 Å². The molecule has 3 nitrogen and oxygen atoms in total. The maximum atomic E-state index is 10.3.